The topological polar surface area (TPSA) is 56.8 Å². The number of hydrogen-bond donors (Lipinski definition) is 1. The van der Waals surface area contributed by atoms with E-state index in [1.807, 2.05) is 0 Å². The Morgan fingerprint density at radius 2 is 1.41 bits per heavy atom. The van der Waals surface area contributed by atoms with Gasteiger partial charge in [0.1, 0.15) is 5.56 Å². The molecular formula is C16H22F5NO4Si. The average molecular weight is 415 g/mol. The zero-order chi connectivity index (χ0) is 20.6. The predicted molar refractivity (Wildman–Crippen MR) is 89.4 cm³/mol. The SMILES string of the molecule is CCOC(CCCCNC(=O)c1c(F)c(F)c(F)c(F)c1F)(O[SiH3])OCC. The van der Waals surface area contributed by atoms with Crippen LogP contribution in [0.1, 0.15) is 43.5 Å². The number of benzene rings is 1. The number of carbonyl (C=O) groups excluding carboxylic acids is 1. The van der Waals surface area contributed by atoms with Crippen LogP contribution in [0.2, 0.25) is 0 Å². The molecule has 1 amide bonds. The maximum absolute atomic E-state index is 13.6. The first-order valence-corrected chi connectivity index (χ1v) is 9.18. The van der Waals surface area contributed by atoms with Crippen molar-refractivity contribution in [2.75, 3.05) is 19.8 Å². The maximum atomic E-state index is 13.6. The van der Waals surface area contributed by atoms with Crippen molar-refractivity contribution in [2.45, 2.75) is 39.1 Å². The van der Waals surface area contributed by atoms with E-state index in [0.29, 0.717) is 43.0 Å². The fraction of sp³-hybridized carbons (Fsp3) is 0.562. The van der Waals surface area contributed by atoms with Gasteiger partial charge in [-0.2, -0.15) is 0 Å². The molecule has 0 fully saturated rings. The highest BCUT2D eigenvalue weighted by Gasteiger charge is 2.31. The fourth-order valence-electron chi connectivity index (χ4n) is 2.41. The lowest BCUT2D eigenvalue weighted by Crippen LogP contribution is -2.39. The van der Waals surface area contributed by atoms with E-state index in [0.717, 1.165) is 0 Å². The summed E-state index contributed by atoms with van der Waals surface area (Å²) in [6.45, 7) is 4.23. The van der Waals surface area contributed by atoms with E-state index in [1.165, 1.54) is 0 Å². The molecule has 5 nitrogen and oxygen atoms in total. The Balaban J connectivity index is 2.64. The molecule has 0 saturated heterocycles. The number of nitrogens with one attached hydrogen (secondary N) is 1. The Bertz CT molecular complexity index is 627. The Morgan fingerprint density at radius 3 is 1.85 bits per heavy atom. The van der Waals surface area contributed by atoms with Crippen LogP contribution in [0, 0.1) is 29.1 Å². The summed E-state index contributed by atoms with van der Waals surface area (Å²) >= 11 is 0. The number of amides is 1. The Hall–Kier alpha value is -1.56. The zero-order valence-electron chi connectivity index (χ0n) is 15.3. The molecule has 0 unspecified atom stereocenters. The minimum atomic E-state index is -2.31. The van der Waals surface area contributed by atoms with Crippen molar-refractivity contribution in [3.8, 4) is 0 Å². The van der Waals surface area contributed by atoms with Gasteiger partial charge in [0.25, 0.3) is 11.9 Å². The molecule has 27 heavy (non-hydrogen) atoms. The summed E-state index contributed by atoms with van der Waals surface area (Å²) in [6, 6.07) is 0. The van der Waals surface area contributed by atoms with Crippen molar-refractivity contribution < 1.29 is 40.6 Å². The van der Waals surface area contributed by atoms with Crippen LogP contribution in [0.5, 0.6) is 0 Å². The summed E-state index contributed by atoms with van der Waals surface area (Å²) in [4.78, 5) is 11.8. The average Bonchev–Trinajstić information content (AvgIpc) is 2.64. The molecule has 1 aromatic carbocycles. The summed E-state index contributed by atoms with van der Waals surface area (Å²) in [5.74, 6) is -13.5. The van der Waals surface area contributed by atoms with Gasteiger partial charge in [-0.05, 0) is 26.7 Å². The van der Waals surface area contributed by atoms with Gasteiger partial charge >= 0.3 is 0 Å². The molecule has 0 atom stereocenters. The molecule has 0 saturated carbocycles. The molecular weight excluding hydrogens is 393 g/mol. The minimum Gasteiger partial charge on any atom is -0.380 e. The van der Waals surface area contributed by atoms with E-state index in [9.17, 15) is 26.7 Å². The second-order valence-corrected chi connectivity index (χ2v) is 5.82. The molecule has 0 aromatic heterocycles. The lowest BCUT2D eigenvalue weighted by molar-refractivity contribution is -0.343. The van der Waals surface area contributed by atoms with E-state index in [4.69, 9.17) is 13.9 Å². The van der Waals surface area contributed by atoms with Crippen molar-refractivity contribution in [2.24, 2.45) is 0 Å². The van der Waals surface area contributed by atoms with Gasteiger partial charge in [0.2, 0.25) is 5.82 Å². The van der Waals surface area contributed by atoms with Crippen LogP contribution in [0.25, 0.3) is 0 Å². The van der Waals surface area contributed by atoms with Crippen molar-refractivity contribution in [3.05, 3.63) is 34.6 Å². The molecule has 0 aliphatic carbocycles. The predicted octanol–water partition coefficient (Wildman–Crippen LogP) is 2.31. The summed E-state index contributed by atoms with van der Waals surface area (Å²) in [6.07, 6.45) is 1.14. The quantitative estimate of drug-likeness (QED) is 0.151. The first kappa shape index (κ1) is 23.5. The van der Waals surface area contributed by atoms with E-state index < -0.39 is 46.5 Å². The monoisotopic (exact) mass is 415 g/mol. The molecule has 1 aromatic rings. The van der Waals surface area contributed by atoms with Gasteiger partial charge in [0.15, 0.2) is 33.8 Å². The van der Waals surface area contributed by atoms with E-state index in [2.05, 4.69) is 5.32 Å². The first-order valence-electron chi connectivity index (χ1n) is 8.37. The third-order valence-electron chi connectivity index (χ3n) is 3.67. The number of hydrogen-bond acceptors (Lipinski definition) is 4. The minimum absolute atomic E-state index is 0.0478. The van der Waals surface area contributed by atoms with Crippen LogP contribution in [0.3, 0.4) is 0 Å². The first-order chi connectivity index (χ1) is 12.7. The van der Waals surface area contributed by atoms with Crippen LogP contribution < -0.4 is 5.32 Å². The number of halogens is 5. The van der Waals surface area contributed by atoms with E-state index >= 15 is 0 Å². The molecule has 0 bridgehead atoms. The molecule has 0 radical (unpaired) electrons. The normalized spacial score (nSPS) is 11.8. The second-order valence-electron chi connectivity index (χ2n) is 5.41. The van der Waals surface area contributed by atoms with E-state index in [-0.39, 0.29) is 6.54 Å². The largest absolute Gasteiger partial charge is 0.380 e. The Labute approximate surface area is 156 Å². The van der Waals surface area contributed by atoms with Gasteiger partial charge < -0.3 is 19.2 Å². The maximum Gasteiger partial charge on any atom is 0.272 e. The van der Waals surface area contributed by atoms with Gasteiger partial charge in [0.05, 0.1) is 0 Å². The molecule has 0 aliphatic rings. The van der Waals surface area contributed by atoms with Crippen molar-refractivity contribution in [1.82, 2.24) is 5.32 Å². The van der Waals surface area contributed by atoms with Gasteiger partial charge in [-0.25, -0.2) is 22.0 Å². The molecule has 1 N–H and O–H groups in total. The lowest BCUT2D eigenvalue weighted by Gasteiger charge is -2.31. The molecule has 154 valence electrons. The third kappa shape index (κ3) is 5.70. The Kier molecular flexibility index (Phi) is 9.29. The van der Waals surface area contributed by atoms with Gasteiger partial charge in [-0.15, -0.1) is 0 Å². The van der Waals surface area contributed by atoms with Gasteiger partial charge in [-0.3, -0.25) is 4.79 Å². The highest BCUT2D eigenvalue weighted by atomic mass is 28.2. The third-order valence-corrected chi connectivity index (χ3v) is 4.29. The summed E-state index contributed by atoms with van der Waals surface area (Å²) < 4.78 is 82.7. The van der Waals surface area contributed by atoms with E-state index in [1.54, 1.807) is 13.8 Å². The smallest absolute Gasteiger partial charge is 0.272 e. The number of carbonyl (C=O) groups is 1. The summed E-state index contributed by atoms with van der Waals surface area (Å²) in [7, 11) is 0.364. The van der Waals surface area contributed by atoms with Crippen molar-refractivity contribution >= 4 is 16.4 Å². The molecule has 0 spiro atoms. The van der Waals surface area contributed by atoms with Gasteiger partial charge in [0, 0.05) is 26.2 Å². The fourth-order valence-corrected chi connectivity index (χ4v) is 2.85. The van der Waals surface area contributed by atoms with Gasteiger partial charge in [-0.1, -0.05) is 0 Å². The van der Waals surface area contributed by atoms with Crippen LogP contribution in [0.4, 0.5) is 22.0 Å². The number of unbranched alkanes of at least 4 members (excludes halogenated alkanes) is 1. The second kappa shape index (κ2) is 10.7. The zero-order valence-corrected chi connectivity index (χ0v) is 17.3. The number of rotatable bonds is 11. The highest BCUT2D eigenvalue weighted by molar-refractivity contribution is 5.98. The molecule has 0 aliphatic heterocycles. The van der Waals surface area contributed by atoms with Crippen LogP contribution in [-0.2, 0) is 13.9 Å². The van der Waals surface area contributed by atoms with Crippen LogP contribution in [-0.4, -0.2) is 42.1 Å². The molecule has 0 heterocycles. The van der Waals surface area contributed by atoms with Crippen molar-refractivity contribution in [1.29, 1.82) is 0 Å². The summed E-state index contributed by atoms with van der Waals surface area (Å²) in [5.41, 5.74) is -1.51. The molecule has 11 heteroatoms. The summed E-state index contributed by atoms with van der Waals surface area (Å²) in [5, 5.41) is 2.13. The lowest BCUT2D eigenvalue weighted by atomic mass is 10.1. The molecule has 1 rings (SSSR count). The standard InChI is InChI=1S/C16H22F5NO4Si/c1-3-24-16(26-27,25-4-2)7-5-6-8-22-15(23)9-10(17)12(19)14(21)13(20)11(9)18/h3-8H2,1-2,27H3,(H,22,23). The number of ether oxygens (including phenoxy) is 2. The van der Waals surface area contributed by atoms with Crippen LogP contribution >= 0.6 is 0 Å². The Morgan fingerprint density at radius 1 is 0.926 bits per heavy atom. The highest BCUT2D eigenvalue weighted by Crippen LogP contribution is 2.23. The van der Waals surface area contributed by atoms with Crippen molar-refractivity contribution in [3.63, 3.8) is 0 Å². The van der Waals surface area contributed by atoms with Crippen LogP contribution in [0.15, 0.2) is 0 Å².